The molecule has 2 amide bonds. The van der Waals surface area contributed by atoms with Gasteiger partial charge in [0.25, 0.3) is 11.8 Å². The smallest absolute Gasteiger partial charge is 0.289 e. The van der Waals surface area contributed by atoms with Gasteiger partial charge in [0, 0.05) is 17.3 Å². The molecule has 6 nitrogen and oxygen atoms in total. The summed E-state index contributed by atoms with van der Waals surface area (Å²) in [5.74, 6) is -0.726. The van der Waals surface area contributed by atoms with Crippen molar-refractivity contribution in [3.05, 3.63) is 57.2 Å². The molecule has 0 bridgehead atoms. The largest absolute Gasteiger partial charge is 0.306 e. The van der Waals surface area contributed by atoms with Crippen molar-refractivity contribution in [2.75, 3.05) is 0 Å². The molecule has 0 saturated heterocycles. The van der Waals surface area contributed by atoms with E-state index < -0.39 is 5.91 Å². The van der Waals surface area contributed by atoms with Gasteiger partial charge >= 0.3 is 0 Å². The normalized spacial score (nSPS) is 13.0. The van der Waals surface area contributed by atoms with Crippen LogP contribution in [0.3, 0.4) is 0 Å². The molecule has 3 aromatic rings. The van der Waals surface area contributed by atoms with Crippen molar-refractivity contribution in [2.45, 2.75) is 26.2 Å². The van der Waals surface area contributed by atoms with Gasteiger partial charge in [0.15, 0.2) is 0 Å². The highest BCUT2D eigenvalue weighted by molar-refractivity contribution is 7.14. The number of thiophene rings is 1. The van der Waals surface area contributed by atoms with E-state index in [-0.39, 0.29) is 11.6 Å². The molecule has 0 aliphatic heterocycles. The van der Waals surface area contributed by atoms with Crippen molar-refractivity contribution in [3.63, 3.8) is 0 Å². The fraction of sp³-hybridized carbons (Fsp3) is 0.235. The lowest BCUT2D eigenvalue weighted by atomic mass is 10.2. The molecule has 4 rings (SSSR count). The zero-order valence-electron chi connectivity index (χ0n) is 13.1. The minimum atomic E-state index is -0.436. The van der Waals surface area contributed by atoms with Gasteiger partial charge in [-0.05, 0) is 55.5 Å². The number of nitrogens with one attached hydrogen (secondary N) is 2. The Balaban J connectivity index is 1.44. The van der Waals surface area contributed by atoms with Crippen LogP contribution in [-0.4, -0.2) is 21.2 Å². The van der Waals surface area contributed by atoms with Gasteiger partial charge in [-0.1, -0.05) is 0 Å². The van der Waals surface area contributed by atoms with E-state index in [0.29, 0.717) is 10.5 Å². The van der Waals surface area contributed by atoms with Crippen molar-refractivity contribution < 1.29 is 9.59 Å². The molecule has 7 heteroatoms. The Morgan fingerprint density at radius 2 is 2.04 bits per heavy atom. The van der Waals surface area contributed by atoms with Crippen LogP contribution < -0.4 is 10.9 Å². The van der Waals surface area contributed by atoms with Crippen LogP contribution in [0.1, 0.15) is 42.6 Å². The van der Waals surface area contributed by atoms with Crippen molar-refractivity contribution in [2.24, 2.45) is 0 Å². The number of aryl methyl sites for hydroxylation is 3. The second-order valence-corrected chi connectivity index (χ2v) is 7.05. The number of carbonyl (C=O) groups excluding carboxylic acids is 2. The van der Waals surface area contributed by atoms with Crippen LogP contribution in [-0.2, 0) is 12.8 Å². The Hall–Kier alpha value is -2.67. The number of amides is 2. The first kappa shape index (κ1) is 14.9. The summed E-state index contributed by atoms with van der Waals surface area (Å²) < 4.78 is 1.77. The lowest BCUT2D eigenvalue weighted by Gasteiger charge is -2.04. The SMILES string of the molecule is Cc1ccn2cc(C(=O)NNC(=O)c3cc4c(s3)CCC4)nc2c1. The van der Waals surface area contributed by atoms with Crippen LogP contribution in [0.25, 0.3) is 5.65 Å². The highest BCUT2D eigenvalue weighted by atomic mass is 32.1. The van der Waals surface area contributed by atoms with Crippen LogP contribution in [0.5, 0.6) is 0 Å². The summed E-state index contributed by atoms with van der Waals surface area (Å²) in [6, 6.07) is 5.75. The lowest BCUT2D eigenvalue weighted by molar-refractivity contribution is 0.0846. The van der Waals surface area contributed by atoms with Crippen molar-refractivity contribution in [1.29, 1.82) is 0 Å². The number of rotatable bonds is 2. The van der Waals surface area contributed by atoms with E-state index >= 15 is 0 Å². The molecule has 1 aliphatic carbocycles. The third kappa shape index (κ3) is 2.67. The summed E-state index contributed by atoms with van der Waals surface area (Å²) in [5.41, 5.74) is 8.17. The molecule has 0 radical (unpaired) electrons. The van der Waals surface area contributed by atoms with E-state index in [9.17, 15) is 9.59 Å². The van der Waals surface area contributed by atoms with Gasteiger partial charge in [0.1, 0.15) is 11.3 Å². The topological polar surface area (TPSA) is 75.5 Å². The van der Waals surface area contributed by atoms with Crippen molar-refractivity contribution in [1.82, 2.24) is 20.2 Å². The van der Waals surface area contributed by atoms with Gasteiger partial charge in [-0.15, -0.1) is 11.3 Å². The molecule has 0 aromatic carbocycles. The summed E-state index contributed by atoms with van der Waals surface area (Å²) >= 11 is 1.50. The molecular formula is C17H16N4O2S. The van der Waals surface area contributed by atoms with E-state index in [2.05, 4.69) is 15.8 Å². The van der Waals surface area contributed by atoms with Crippen LogP contribution in [0, 0.1) is 6.92 Å². The number of pyridine rings is 1. The summed E-state index contributed by atoms with van der Waals surface area (Å²) in [5, 5.41) is 0. The number of hydrogen-bond acceptors (Lipinski definition) is 4. The Morgan fingerprint density at radius 1 is 1.21 bits per heavy atom. The van der Waals surface area contributed by atoms with Crippen LogP contribution in [0.15, 0.2) is 30.6 Å². The minimum absolute atomic E-state index is 0.259. The number of hydrazine groups is 1. The maximum absolute atomic E-state index is 12.2. The highest BCUT2D eigenvalue weighted by Crippen LogP contribution is 2.30. The molecule has 0 fully saturated rings. The number of hydrogen-bond donors (Lipinski definition) is 2. The summed E-state index contributed by atoms with van der Waals surface area (Å²) in [6.07, 6.45) is 6.72. The Kier molecular flexibility index (Phi) is 3.57. The molecule has 2 N–H and O–H groups in total. The third-order valence-electron chi connectivity index (χ3n) is 4.11. The second-order valence-electron chi connectivity index (χ2n) is 5.92. The van der Waals surface area contributed by atoms with E-state index in [0.717, 1.165) is 24.8 Å². The fourth-order valence-electron chi connectivity index (χ4n) is 2.87. The van der Waals surface area contributed by atoms with Crippen LogP contribution >= 0.6 is 11.3 Å². The highest BCUT2D eigenvalue weighted by Gasteiger charge is 2.19. The summed E-state index contributed by atoms with van der Waals surface area (Å²) in [6.45, 7) is 1.97. The van der Waals surface area contributed by atoms with E-state index in [1.807, 2.05) is 31.3 Å². The Bertz CT molecular complexity index is 935. The van der Waals surface area contributed by atoms with Gasteiger partial charge in [0.2, 0.25) is 0 Å². The number of carbonyl (C=O) groups is 2. The minimum Gasteiger partial charge on any atom is -0.306 e. The Morgan fingerprint density at radius 3 is 2.88 bits per heavy atom. The van der Waals surface area contributed by atoms with Gasteiger partial charge in [-0.25, -0.2) is 4.98 Å². The second kappa shape index (κ2) is 5.76. The molecule has 0 unspecified atom stereocenters. The number of fused-ring (bicyclic) bond motifs is 2. The van der Waals surface area contributed by atoms with E-state index in [1.54, 1.807) is 10.6 Å². The van der Waals surface area contributed by atoms with Gasteiger partial charge in [-0.2, -0.15) is 0 Å². The maximum Gasteiger partial charge on any atom is 0.289 e. The van der Waals surface area contributed by atoms with Gasteiger partial charge in [0.05, 0.1) is 4.88 Å². The zero-order valence-corrected chi connectivity index (χ0v) is 13.9. The van der Waals surface area contributed by atoms with Crippen molar-refractivity contribution >= 4 is 28.8 Å². The number of imidazole rings is 1. The number of aromatic nitrogens is 2. The maximum atomic E-state index is 12.2. The third-order valence-corrected chi connectivity index (χ3v) is 5.34. The molecule has 3 heterocycles. The first-order chi connectivity index (χ1) is 11.6. The zero-order chi connectivity index (χ0) is 16.7. The summed E-state index contributed by atoms with van der Waals surface area (Å²) in [4.78, 5) is 30.5. The van der Waals surface area contributed by atoms with Crippen molar-refractivity contribution in [3.8, 4) is 0 Å². The molecule has 0 spiro atoms. The quantitative estimate of drug-likeness (QED) is 0.703. The standard InChI is InChI=1S/C17H16N4O2S/c1-10-5-6-21-9-12(18-15(21)7-10)16(22)19-20-17(23)14-8-11-3-2-4-13(11)24-14/h5-9H,2-4H2,1H3,(H,19,22)(H,20,23). The molecule has 0 atom stereocenters. The fourth-order valence-corrected chi connectivity index (χ4v) is 4.02. The van der Waals surface area contributed by atoms with E-state index in [1.165, 1.54) is 21.8 Å². The van der Waals surface area contributed by atoms with Gasteiger partial charge < -0.3 is 4.40 Å². The molecule has 24 heavy (non-hydrogen) atoms. The molecular weight excluding hydrogens is 324 g/mol. The summed E-state index contributed by atoms with van der Waals surface area (Å²) in [7, 11) is 0. The van der Waals surface area contributed by atoms with Gasteiger partial charge in [-0.3, -0.25) is 20.4 Å². The van der Waals surface area contributed by atoms with Crippen LogP contribution in [0.4, 0.5) is 0 Å². The first-order valence-corrected chi connectivity index (χ1v) is 8.59. The predicted molar refractivity (Wildman–Crippen MR) is 91.2 cm³/mol. The molecule has 1 aliphatic rings. The first-order valence-electron chi connectivity index (χ1n) is 7.78. The van der Waals surface area contributed by atoms with Crippen LogP contribution in [0.2, 0.25) is 0 Å². The Labute approximate surface area is 142 Å². The molecule has 122 valence electrons. The molecule has 3 aromatic heterocycles. The predicted octanol–water partition coefficient (Wildman–Crippen LogP) is 2.27. The molecule has 0 saturated carbocycles. The average Bonchev–Trinajstić information content (AvgIpc) is 3.24. The lowest BCUT2D eigenvalue weighted by Crippen LogP contribution is -2.41. The monoisotopic (exact) mass is 340 g/mol. The van der Waals surface area contributed by atoms with E-state index in [4.69, 9.17) is 0 Å². The number of nitrogens with zero attached hydrogens (tertiary/aromatic N) is 2. The average molecular weight is 340 g/mol.